The molecule has 0 bridgehead atoms. The number of nitrogens with zero attached hydrogens (tertiary/aromatic N) is 1. The van der Waals surface area contributed by atoms with E-state index in [-0.39, 0.29) is 0 Å². The first-order valence-electron chi connectivity index (χ1n) is 5.80. The lowest BCUT2D eigenvalue weighted by Crippen LogP contribution is -2.29. The lowest BCUT2D eigenvalue weighted by molar-refractivity contribution is -0.132. The zero-order chi connectivity index (χ0) is 15.2. The fourth-order valence-electron chi connectivity index (χ4n) is 1.43. The molecule has 0 fully saturated rings. The minimum Gasteiger partial charge on any atom is -0.465 e. The lowest BCUT2D eigenvalue weighted by atomic mass is 10.2. The molecule has 0 aliphatic rings. The molecule has 0 aliphatic heterocycles. The van der Waals surface area contributed by atoms with Crippen LogP contribution in [-0.2, 0) is 14.3 Å². The van der Waals surface area contributed by atoms with E-state index in [4.69, 9.17) is 0 Å². The summed E-state index contributed by atoms with van der Waals surface area (Å²) < 4.78 is 4.56. The van der Waals surface area contributed by atoms with E-state index in [9.17, 15) is 14.4 Å². The average Bonchev–Trinajstić information content (AvgIpc) is 3.00. The van der Waals surface area contributed by atoms with Crippen molar-refractivity contribution >= 4 is 39.9 Å². The smallest absolute Gasteiger partial charge is 0.337 e. The van der Waals surface area contributed by atoms with Crippen LogP contribution in [0.1, 0.15) is 10.4 Å². The molecule has 2 N–H and O–H groups in total. The molecule has 7 nitrogen and oxygen atoms in total. The fraction of sp³-hybridized carbons (Fsp3) is 0.0769. The van der Waals surface area contributed by atoms with Crippen LogP contribution >= 0.6 is 11.3 Å². The van der Waals surface area contributed by atoms with E-state index in [2.05, 4.69) is 20.4 Å². The van der Waals surface area contributed by atoms with Crippen LogP contribution in [0.15, 0.2) is 35.8 Å². The Bertz CT molecular complexity index is 653. The number of esters is 1. The Hall–Kier alpha value is -2.74. The molecular formula is C13H11N3O4S. The van der Waals surface area contributed by atoms with E-state index in [0.717, 1.165) is 0 Å². The molecule has 0 atom stereocenters. The number of thiazole rings is 1. The number of benzene rings is 1. The standard InChI is InChI=1S/C13H11N3O4S/c1-20-12(19)8-2-4-9(5-3-8)15-10(17)11(18)16-13-14-6-7-21-13/h2-7H,1H3,(H,15,17)(H,14,16,18). The first-order chi connectivity index (χ1) is 10.1. The van der Waals surface area contributed by atoms with Gasteiger partial charge in [-0.1, -0.05) is 0 Å². The van der Waals surface area contributed by atoms with E-state index in [1.54, 1.807) is 5.38 Å². The Morgan fingerprint density at radius 1 is 1.10 bits per heavy atom. The zero-order valence-corrected chi connectivity index (χ0v) is 11.8. The molecule has 108 valence electrons. The van der Waals surface area contributed by atoms with Crippen LogP contribution in [0.5, 0.6) is 0 Å². The predicted octanol–water partition coefficient (Wildman–Crippen LogP) is 1.51. The maximum atomic E-state index is 11.7. The van der Waals surface area contributed by atoms with Crippen LogP contribution < -0.4 is 10.6 Å². The second-order valence-electron chi connectivity index (χ2n) is 3.81. The van der Waals surface area contributed by atoms with Gasteiger partial charge in [0.15, 0.2) is 5.13 Å². The second-order valence-corrected chi connectivity index (χ2v) is 4.71. The summed E-state index contributed by atoms with van der Waals surface area (Å²) in [6.45, 7) is 0. The van der Waals surface area contributed by atoms with Gasteiger partial charge in [0.05, 0.1) is 12.7 Å². The van der Waals surface area contributed by atoms with Crippen LogP contribution in [0.3, 0.4) is 0 Å². The van der Waals surface area contributed by atoms with E-state index in [0.29, 0.717) is 16.4 Å². The van der Waals surface area contributed by atoms with Gasteiger partial charge >= 0.3 is 17.8 Å². The zero-order valence-electron chi connectivity index (χ0n) is 11.0. The molecule has 1 aromatic carbocycles. The van der Waals surface area contributed by atoms with E-state index in [1.165, 1.54) is 48.9 Å². The van der Waals surface area contributed by atoms with Gasteiger partial charge in [-0.3, -0.25) is 14.9 Å². The molecule has 0 aliphatic carbocycles. The van der Waals surface area contributed by atoms with Crippen LogP contribution in [0, 0.1) is 0 Å². The largest absolute Gasteiger partial charge is 0.465 e. The van der Waals surface area contributed by atoms with Gasteiger partial charge in [0, 0.05) is 17.3 Å². The quantitative estimate of drug-likeness (QED) is 0.661. The molecule has 0 saturated carbocycles. The highest BCUT2D eigenvalue weighted by Gasteiger charge is 2.15. The van der Waals surface area contributed by atoms with Crippen molar-refractivity contribution in [1.29, 1.82) is 0 Å². The maximum absolute atomic E-state index is 11.7. The van der Waals surface area contributed by atoms with E-state index in [1.807, 2.05) is 0 Å². The average molecular weight is 305 g/mol. The normalized spacial score (nSPS) is 9.76. The molecule has 0 saturated heterocycles. The first kappa shape index (κ1) is 14.7. The number of nitrogens with one attached hydrogen (secondary N) is 2. The van der Waals surface area contributed by atoms with Gasteiger partial charge in [-0.2, -0.15) is 0 Å². The summed E-state index contributed by atoms with van der Waals surface area (Å²) in [4.78, 5) is 38.4. The monoisotopic (exact) mass is 305 g/mol. The van der Waals surface area contributed by atoms with Crippen molar-refractivity contribution in [3.63, 3.8) is 0 Å². The Balaban J connectivity index is 1.96. The molecular weight excluding hydrogens is 294 g/mol. The van der Waals surface area contributed by atoms with Gasteiger partial charge in [-0.15, -0.1) is 11.3 Å². The summed E-state index contributed by atoms with van der Waals surface area (Å²) in [6, 6.07) is 5.97. The topological polar surface area (TPSA) is 97.4 Å². The number of rotatable bonds is 3. The van der Waals surface area contributed by atoms with Crippen molar-refractivity contribution in [1.82, 2.24) is 4.98 Å². The number of hydrogen-bond donors (Lipinski definition) is 2. The van der Waals surface area contributed by atoms with Gasteiger partial charge in [0.1, 0.15) is 0 Å². The SMILES string of the molecule is COC(=O)c1ccc(NC(=O)C(=O)Nc2nccs2)cc1. The van der Waals surface area contributed by atoms with Crippen molar-refractivity contribution in [2.45, 2.75) is 0 Å². The summed E-state index contributed by atoms with van der Waals surface area (Å²) in [7, 11) is 1.28. The Morgan fingerprint density at radius 3 is 2.33 bits per heavy atom. The third kappa shape index (κ3) is 3.86. The van der Waals surface area contributed by atoms with Crippen molar-refractivity contribution in [3.8, 4) is 0 Å². The highest BCUT2D eigenvalue weighted by atomic mass is 32.1. The Labute approximate surface area is 124 Å². The number of ether oxygens (including phenoxy) is 1. The molecule has 0 radical (unpaired) electrons. The molecule has 8 heteroatoms. The number of methoxy groups -OCH3 is 1. The Morgan fingerprint density at radius 2 is 1.76 bits per heavy atom. The van der Waals surface area contributed by atoms with Gasteiger partial charge in [0.2, 0.25) is 0 Å². The molecule has 1 heterocycles. The minimum absolute atomic E-state index is 0.344. The summed E-state index contributed by atoms with van der Waals surface area (Å²) in [5.74, 6) is -2.12. The van der Waals surface area contributed by atoms with Gasteiger partial charge in [-0.05, 0) is 24.3 Å². The van der Waals surface area contributed by atoms with Crippen molar-refractivity contribution < 1.29 is 19.1 Å². The number of carbonyl (C=O) groups is 3. The van der Waals surface area contributed by atoms with E-state index >= 15 is 0 Å². The number of anilines is 2. The first-order valence-corrected chi connectivity index (χ1v) is 6.68. The van der Waals surface area contributed by atoms with Crippen molar-refractivity contribution in [2.24, 2.45) is 0 Å². The number of aromatic nitrogens is 1. The third-order valence-corrected chi connectivity index (χ3v) is 3.11. The predicted molar refractivity (Wildman–Crippen MR) is 77.2 cm³/mol. The lowest BCUT2D eigenvalue weighted by Gasteiger charge is -2.05. The van der Waals surface area contributed by atoms with E-state index < -0.39 is 17.8 Å². The minimum atomic E-state index is -0.823. The van der Waals surface area contributed by atoms with Crippen LogP contribution in [-0.4, -0.2) is 29.9 Å². The van der Waals surface area contributed by atoms with Crippen LogP contribution in [0.2, 0.25) is 0 Å². The molecule has 0 spiro atoms. The molecule has 2 amide bonds. The highest BCUT2D eigenvalue weighted by Crippen LogP contribution is 2.12. The maximum Gasteiger partial charge on any atom is 0.337 e. The van der Waals surface area contributed by atoms with Crippen molar-refractivity contribution in [3.05, 3.63) is 41.4 Å². The third-order valence-electron chi connectivity index (χ3n) is 2.42. The van der Waals surface area contributed by atoms with Crippen molar-refractivity contribution in [2.75, 3.05) is 17.7 Å². The Kier molecular flexibility index (Phi) is 4.62. The van der Waals surface area contributed by atoms with Gasteiger partial charge < -0.3 is 10.1 Å². The number of amides is 2. The van der Waals surface area contributed by atoms with Crippen LogP contribution in [0.25, 0.3) is 0 Å². The summed E-state index contributed by atoms with van der Waals surface area (Å²) in [6.07, 6.45) is 1.52. The molecule has 1 aromatic heterocycles. The highest BCUT2D eigenvalue weighted by molar-refractivity contribution is 7.13. The second kappa shape index (κ2) is 6.62. The number of hydrogen-bond acceptors (Lipinski definition) is 6. The molecule has 0 unspecified atom stereocenters. The summed E-state index contributed by atoms with van der Waals surface area (Å²) in [5.41, 5.74) is 0.740. The fourth-order valence-corrected chi connectivity index (χ4v) is 1.96. The summed E-state index contributed by atoms with van der Waals surface area (Å²) in [5, 5.41) is 6.80. The van der Waals surface area contributed by atoms with Gasteiger partial charge in [0.25, 0.3) is 0 Å². The summed E-state index contributed by atoms with van der Waals surface area (Å²) >= 11 is 1.21. The molecule has 2 rings (SSSR count). The number of carbonyl (C=O) groups excluding carboxylic acids is 3. The van der Waals surface area contributed by atoms with Crippen LogP contribution in [0.4, 0.5) is 10.8 Å². The molecule has 21 heavy (non-hydrogen) atoms. The van der Waals surface area contributed by atoms with Gasteiger partial charge in [-0.25, -0.2) is 9.78 Å². The molecule has 2 aromatic rings.